The standard InChI is InChI=1S/C13H20N2O2S/c1-2-15-18(16,17)13-6-4-3-5-11(13)9-12(14)10-7-8-10/h3-6,10,12,15H,2,7-9,14H2,1H3. The highest BCUT2D eigenvalue weighted by Gasteiger charge is 2.29. The van der Waals surface area contributed by atoms with Gasteiger partial charge in [0.25, 0.3) is 0 Å². The van der Waals surface area contributed by atoms with E-state index in [-0.39, 0.29) is 6.04 Å². The summed E-state index contributed by atoms with van der Waals surface area (Å²) in [5.41, 5.74) is 6.90. The lowest BCUT2D eigenvalue weighted by Crippen LogP contribution is -2.28. The van der Waals surface area contributed by atoms with Crippen molar-refractivity contribution in [1.82, 2.24) is 4.72 Å². The summed E-state index contributed by atoms with van der Waals surface area (Å²) in [7, 11) is -3.40. The Balaban J connectivity index is 2.24. The van der Waals surface area contributed by atoms with E-state index < -0.39 is 10.0 Å². The van der Waals surface area contributed by atoms with Crippen LogP contribution in [-0.4, -0.2) is 21.0 Å². The summed E-state index contributed by atoms with van der Waals surface area (Å²) in [5, 5.41) is 0. The lowest BCUT2D eigenvalue weighted by Gasteiger charge is -2.14. The molecule has 4 nitrogen and oxygen atoms in total. The number of sulfonamides is 1. The molecule has 0 heterocycles. The summed E-state index contributed by atoms with van der Waals surface area (Å²) < 4.78 is 26.7. The van der Waals surface area contributed by atoms with Gasteiger partial charge in [-0.25, -0.2) is 13.1 Å². The fourth-order valence-corrected chi connectivity index (χ4v) is 3.44. The molecule has 0 spiro atoms. The third-order valence-corrected chi connectivity index (χ3v) is 4.93. The van der Waals surface area contributed by atoms with E-state index in [0.29, 0.717) is 23.8 Å². The normalized spacial score (nSPS) is 17.7. The van der Waals surface area contributed by atoms with Gasteiger partial charge < -0.3 is 5.73 Å². The van der Waals surface area contributed by atoms with Crippen LogP contribution in [0.4, 0.5) is 0 Å². The Kier molecular flexibility index (Phi) is 4.04. The average Bonchev–Trinajstić information content (AvgIpc) is 3.13. The Morgan fingerprint density at radius 2 is 2.06 bits per heavy atom. The van der Waals surface area contributed by atoms with Gasteiger partial charge in [-0.2, -0.15) is 0 Å². The van der Waals surface area contributed by atoms with E-state index in [0.717, 1.165) is 5.56 Å². The van der Waals surface area contributed by atoms with Gasteiger partial charge in [0.15, 0.2) is 0 Å². The van der Waals surface area contributed by atoms with Crippen LogP contribution in [0.3, 0.4) is 0 Å². The minimum atomic E-state index is -3.40. The zero-order chi connectivity index (χ0) is 13.2. The largest absolute Gasteiger partial charge is 0.327 e. The van der Waals surface area contributed by atoms with Gasteiger partial charge in [0.2, 0.25) is 10.0 Å². The van der Waals surface area contributed by atoms with Gasteiger partial charge in [-0.05, 0) is 36.8 Å². The molecule has 2 rings (SSSR count). The number of hydrogen-bond donors (Lipinski definition) is 2. The minimum absolute atomic E-state index is 0.0722. The van der Waals surface area contributed by atoms with E-state index in [4.69, 9.17) is 5.73 Å². The second kappa shape index (κ2) is 5.38. The lowest BCUT2D eigenvalue weighted by molar-refractivity contribution is 0.571. The summed E-state index contributed by atoms with van der Waals surface area (Å²) in [6.07, 6.45) is 2.97. The number of nitrogens with one attached hydrogen (secondary N) is 1. The maximum Gasteiger partial charge on any atom is 0.240 e. The maximum absolute atomic E-state index is 12.1. The fourth-order valence-electron chi connectivity index (χ4n) is 2.15. The van der Waals surface area contributed by atoms with Crippen molar-refractivity contribution in [3.63, 3.8) is 0 Å². The van der Waals surface area contributed by atoms with Crippen molar-refractivity contribution in [2.45, 2.75) is 37.1 Å². The second-order valence-electron chi connectivity index (χ2n) is 4.81. The van der Waals surface area contributed by atoms with E-state index in [1.54, 1.807) is 19.1 Å². The SMILES string of the molecule is CCNS(=O)(=O)c1ccccc1CC(N)C1CC1. The Morgan fingerprint density at radius 1 is 1.39 bits per heavy atom. The molecule has 0 aliphatic heterocycles. The highest BCUT2D eigenvalue weighted by molar-refractivity contribution is 7.89. The van der Waals surface area contributed by atoms with Crippen LogP contribution in [0.2, 0.25) is 0 Å². The first-order valence-corrected chi connectivity index (χ1v) is 7.86. The van der Waals surface area contributed by atoms with Crippen molar-refractivity contribution in [2.75, 3.05) is 6.54 Å². The molecule has 18 heavy (non-hydrogen) atoms. The molecule has 0 aromatic heterocycles. The first-order valence-electron chi connectivity index (χ1n) is 6.37. The van der Waals surface area contributed by atoms with Gasteiger partial charge in [0.1, 0.15) is 0 Å². The highest BCUT2D eigenvalue weighted by atomic mass is 32.2. The predicted octanol–water partition coefficient (Wildman–Crippen LogP) is 1.26. The molecular weight excluding hydrogens is 248 g/mol. The van der Waals surface area contributed by atoms with Gasteiger partial charge in [0, 0.05) is 12.6 Å². The zero-order valence-corrected chi connectivity index (χ0v) is 11.4. The summed E-state index contributed by atoms with van der Waals surface area (Å²) in [6.45, 7) is 2.17. The van der Waals surface area contributed by atoms with E-state index in [1.165, 1.54) is 12.8 Å². The van der Waals surface area contributed by atoms with Crippen molar-refractivity contribution < 1.29 is 8.42 Å². The first kappa shape index (κ1) is 13.5. The lowest BCUT2D eigenvalue weighted by atomic mass is 10.0. The van der Waals surface area contributed by atoms with Gasteiger partial charge >= 0.3 is 0 Å². The van der Waals surface area contributed by atoms with Crippen molar-refractivity contribution in [3.8, 4) is 0 Å². The van der Waals surface area contributed by atoms with Crippen LogP contribution >= 0.6 is 0 Å². The van der Waals surface area contributed by atoms with Crippen LogP contribution in [0.15, 0.2) is 29.2 Å². The maximum atomic E-state index is 12.1. The smallest absolute Gasteiger partial charge is 0.240 e. The zero-order valence-electron chi connectivity index (χ0n) is 10.6. The predicted molar refractivity (Wildman–Crippen MR) is 71.7 cm³/mol. The topological polar surface area (TPSA) is 72.2 Å². The molecule has 100 valence electrons. The molecule has 1 saturated carbocycles. The molecule has 5 heteroatoms. The number of nitrogens with two attached hydrogens (primary N) is 1. The Bertz CT molecular complexity index is 509. The third-order valence-electron chi connectivity index (χ3n) is 3.28. The first-order chi connectivity index (χ1) is 8.54. The molecule has 1 atom stereocenters. The van der Waals surface area contributed by atoms with Crippen LogP contribution < -0.4 is 10.5 Å². The third kappa shape index (κ3) is 3.10. The summed E-state index contributed by atoms with van der Waals surface area (Å²) in [5.74, 6) is 0.569. The van der Waals surface area contributed by atoms with Crippen LogP contribution in [0.25, 0.3) is 0 Å². The molecule has 1 aromatic carbocycles. The van der Waals surface area contributed by atoms with Crippen LogP contribution in [0.5, 0.6) is 0 Å². The second-order valence-corrected chi connectivity index (χ2v) is 6.55. The Morgan fingerprint density at radius 3 is 2.67 bits per heavy atom. The minimum Gasteiger partial charge on any atom is -0.327 e. The van der Waals surface area contributed by atoms with Crippen LogP contribution in [0.1, 0.15) is 25.3 Å². The monoisotopic (exact) mass is 268 g/mol. The molecule has 3 N–H and O–H groups in total. The van der Waals surface area contributed by atoms with E-state index in [1.807, 2.05) is 12.1 Å². The molecular formula is C13H20N2O2S. The van der Waals surface area contributed by atoms with Gasteiger partial charge in [-0.1, -0.05) is 25.1 Å². The molecule has 0 bridgehead atoms. The van der Waals surface area contributed by atoms with E-state index >= 15 is 0 Å². The molecule has 1 fully saturated rings. The molecule has 1 aliphatic rings. The van der Waals surface area contributed by atoms with Crippen molar-refractivity contribution >= 4 is 10.0 Å². The number of benzene rings is 1. The summed E-state index contributed by atoms with van der Waals surface area (Å²) in [6, 6.07) is 7.18. The van der Waals surface area contributed by atoms with Gasteiger partial charge in [0.05, 0.1) is 4.90 Å². The van der Waals surface area contributed by atoms with E-state index in [2.05, 4.69) is 4.72 Å². The molecule has 1 aliphatic carbocycles. The number of hydrogen-bond acceptors (Lipinski definition) is 3. The summed E-state index contributed by atoms with van der Waals surface area (Å²) >= 11 is 0. The van der Waals surface area contributed by atoms with Gasteiger partial charge in [-0.15, -0.1) is 0 Å². The molecule has 0 saturated heterocycles. The van der Waals surface area contributed by atoms with Crippen molar-refractivity contribution in [2.24, 2.45) is 11.7 Å². The summed E-state index contributed by atoms with van der Waals surface area (Å²) in [4.78, 5) is 0.364. The fraction of sp³-hybridized carbons (Fsp3) is 0.538. The van der Waals surface area contributed by atoms with E-state index in [9.17, 15) is 8.42 Å². The quantitative estimate of drug-likeness (QED) is 0.816. The molecule has 1 aromatic rings. The Hall–Kier alpha value is -0.910. The average molecular weight is 268 g/mol. The molecule has 0 amide bonds. The van der Waals surface area contributed by atoms with Gasteiger partial charge in [-0.3, -0.25) is 0 Å². The number of rotatable bonds is 6. The highest BCUT2D eigenvalue weighted by Crippen LogP contribution is 2.33. The van der Waals surface area contributed by atoms with Crippen LogP contribution in [-0.2, 0) is 16.4 Å². The van der Waals surface area contributed by atoms with Crippen molar-refractivity contribution in [3.05, 3.63) is 29.8 Å². The Labute approximate surface area is 109 Å². The molecule has 0 radical (unpaired) electrons. The molecule has 1 unspecified atom stereocenters. The van der Waals surface area contributed by atoms with Crippen LogP contribution in [0, 0.1) is 5.92 Å². The van der Waals surface area contributed by atoms with Crippen molar-refractivity contribution in [1.29, 1.82) is 0 Å².